The van der Waals surface area contributed by atoms with E-state index in [9.17, 15) is 0 Å². The van der Waals surface area contributed by atoms with Crippen LogP contribution in [0.2, 0.25) is 5.02 Å². The van der Waals surface area contributed by atoms with Gasteiger partial charge in [0.25, 0.3) is 0 Å². The Morgan fingerprint density at radius 2 is 2.11 bits per heavy atom. The Labute approximate surface area is 116 Å². The molecular formula is C14H15ClN2O2. The van der Waals surface area contributed by atoms with E-state index in [1.165, 1.54) is 24.0 Å². The topological polar surface area (TPSA) is 61.3 Å². The number of aromatic nitrogens is 1. The Hall–Kier alpha value is -1.68. The maximum absolute atomic E-state index is 6.48. The van der Waals surface area contributed by atoms with E-state index in [4.69, 9.17) is 26.6 Å². The van der Waals surface area contributed by atoms with Crippen molar-refractivity contribution in [2.75, 3.05) is 12.8 Å². The Balaban J connectivity index is 2.24. The number of nitrogen functional groups attached to an aromatic ring is 1. The Kier molecular flexibility index (Phi) is 3.11. The molecule has 0 unspecified atom stereocenters. The van der Waals surface area contributed by atoms with Crippen molar-refractivity contribution in [2.24, 2.45) is 0 Å². The summed E-state index contributed by atoms with van der Waals surface area (Å²) in [7, 11) is 1.61. The monoisotopic (exact) mass is 278 g/mol. The van der Waals surface area contributed by atoms with Crippen LogP contribution in [0.25, 0.3) is 11.1 Å². The number of ether oxygens (including phenoxy) is 1. The maximum atomic E-state index is 6.48. The van der Waals surface area contributed by atoms with Gasteiger partial charge in [0.1, 0.15) is 5.75 Å². The smallest absolute Gasteiger partial charge is 0.230 e. The summed E-state index contributed by atoms with van der Waals surface area (Å²) in [5, 5.41) is 4.41. The molecule has 1 aliphatic carbocycles. The first-order valence-electron chi connectivity index (χ1n) is 6.31. The highest BCUT2D eigenvalue weighted by Gasteiger charge is 2.22. The van der Waals surface area contributed by atoms with Crippen molar-refractivity contribution in [1.29, 1.82) is 0 Å². The lowest BCUT2D eigenvalue weighted by atomic mass is 9.88. The molecule has 1 aromatic carbocycles. The summed E-state index contributed by atoms with van der Waals surface area (Å²) >= 11 is 6.48. The summed E-state index contributed by atoms with van der Waals surface area (Å²) in [6.07, 6.45) is 6.00. The largest absolute Gasteiger partial charge is 0.495 e. The van der Waals surface area contributed by atoms with E-state index >= 15 is 0 Å². The zero-order valence-corrected chi connectivity index (χ0v) is 11.5. The normalized spacial score (nSPS) is 14.2. The third-order valence-electron chi connectivity index (χ3n) is 3.63. The number of benzene rings is 1. The number of hydrogen-bond donors (Lipinski definition) is 1. The van der Waals surface area contributed by atoms with E-state index in [-0.39, 0.29) is 5.88 Å². The van der Waals surface area contributed by atoms with Crippen molar-refractivity contribution in [1.82, 2.24) is 5.16 Å². The molecule has 1 aliphatic rings. The summed E-state index contributed by atoms with van der Waals surface area (Å²) in [6.45, 7) is 0. The zero-order valence-electron chi connectivity index (χ0n) is 10.7. The third-order valence-corrected chi connectivity index (χ3v) is 4.03. The van der Waals surface area contributed by atoms with E-state index in [2.05, 4.69) is 11.2 Å². The zero-order chi connectivity index (χ0) is 13.4. The minimum absolute atomic E-state index is 0.283. The molecule has 0 spiro atoms. The second-order valence-electron chi connectivity index (χ2n) is 4.72. The van der Waals surface area contributed by atoms with Gasteiger partial charge in [-0.1, -0.05) is 16.8 Å². The molecule has 0 saturated carbocycles. The quantitative estimate of drug-likeness (QED) is 0.914. The number of aryl methyl sites for hydroxylation is 1. The molecule has 5 heteroatoms. The van der Waals surface area contributed by atoms with Gasteiger partial charge in [-0.25, -0.2) is 0 Å². The number of fused-ring (bicyclic) bond motifs is 1. The minimum atomic E-state index is 0.283. The van der Waals surface area contributed by atoms with Crippen LogP contribution in [0.15, 0.2) is 16.8 Å². The molecule has 0 atom stereocenters. The van der Waals surface area contributed by atoms with Gasteiger partial charge in [-0.2, -0.15) is 0 Å². The second-order valence-corrected chi connectivity index (χ2v) is 5.10. The van der Waals surface area contributed by atoms with Gasteiger partial charge in [-0.05, 0) is 42.9 Å². The predicted octanol–water partition coefficient (Wildman–Crippen LogP) is 3.46. The number of halogens is 1. The fraction of sp³-hybridized carbons (Fsp3) is 0.357. The Morgan fingerprint density at radius 1 is 1.32 bits per heavy atom. The summed E-state index contributed by atoms with van der Waals surface area (Å²) in [6, 6.07) is 2.10. The first kappa shape index (κ1) is 12.4. The molecule has 2 aromatic rings. The number of hydrogen-bond acceptors (Lipinski definition) is 4. The lowest BCUT2D eigenvalue weighted by Gasteiger charge is -2.21. The van der Waals surface area contributed by atoms with E-state index in [0.29, 0.717) is 10.8 Å². The molecule has 100 valence electrons. The maximum Gasteiger partial charge on any atom is 0.230 e. The van der Waals surface area contributed by atoms with E-state index < -0.39 is 0 Å². The van der Waals surface area contributed by atoms with Gasteiger partial charge < -0.3 is 15.0 Å². The fourth-order valence-corrected chi connectivity index (χ4v) is 3.08. The summed E-state index contributed by atoms with van der Waals surface area (Å²) in [4.78, 5) is 0. The summed E-state index contributed by atoms with van der Waals surface area (Å²) < 4.78 is 10.4. The lowest BCUT2D eigenvalue weighted by Crippen LogP contribution is -2.05. The van der Waals surface area contributed by atoms with Gasteiger partial charge in [0, 0.05) is 5.56 Å². The molecule has 3 rings (SSSR count). The van der Waals surface area contributed by atoms with Crippen LogP contribution < -0.4 is 10.5 Å². The fourth-order valence-electron chi connectivity index (χ4n) is 2.68. The van der Waals surface area contributed by atoms with Crippen molar-refractivity contribution in [2.45, 2.75) is 25.7 Å². The highest BCUT2D eigenvalue weighted by atomic mass is 35.5. The van der Waals surface area contributed by atoms with Crippen LogP contribution in [-0.2, 0) is 12.8 Å². The lowest BCUT2D eigenvalue weighted by molar-refractivity contribution is 0.415. The van der Waals surface area contributed by atoms with Crippen LogP contribution in [0.3, 0.4) is 0 Å². The van der Waals surface area contributed by atoms with Crippen LogP contribution in [0.4, 0.5) is 5.88 Å². The second kappa shape index (κ2) is 4.78. The molecule has 0 saturated heterocycles. The average molecular weight is 279 g/mol. The van der Waals surface area contributed by atoms with Gasteiger partial charge in [0.15, 0.2) is 0 Å². The highest BCUT2D eigenvalue weighted by molar-refractivity contribution is 6.33. The number of methoxy groups -OCH3 is 1. The molecule has 2 N–H and O–H groups in total. The van der Waals surface area contributed by atoms with Gasteiger partial charge in [0.2, 0.25) is 5.88 Å². The number of nitrogens with zero attached hydrogens (tertiary/aromatic N) is 1. The molecule has 1 heterocycles. The third kappa shape index (κ3) is 1.96. The average Bonchev–Trinajstić information content (AvgIpc) is 2.85. The molecular weight excluding hydrogens is 264 g/mol. The van der Waals surface area contributed by atoms with Gasteiger partial charge in [-0.15, -0.1) is 0 Å². The van der Waals surface area contributed by atoms with Crippen molar-refractivity contribution in [3.63, 3.8) is 0 Å². The minimum Gasteiger partial charge on any atom is -0.495 e. The number of nitrogens with two attached hydrogens (primary N) is 1. The van der Waals surface area contributed by atoms with Crippen LogP contribution in [0.5, 0.6) is 5.75 Å². The molecule has 1 aromatic heterocycles. The van der Waals surface area contributed by atoms with Crippen LogP contribution in [0.1, 0.15) is 24.0 Å². The predicted molar refractivity (Wildman–Crippen MR) is 74.6 cm³/mol. The number of rotatable bonds is 2. The van der Waals surface area contributed by atoms with Crippen LogP contribution >= 0.6 is 11.6 Å². The van der Waals surface area contributed by atoms with E-state index in [1.807, 2.05) is 0 Å². The summed E-state index contributed by atoms with van der Waals surface area (Å²) in [5.41, 5.74) is 9.85. The van der Waals surface area contributed by atoms with Crippen LogP contribution in [0, 0.1) is 0 Å². The Morgan fingerprint density at radius 3 is 2.79 bits per heavy atom. The molecule has 0 aliphatic heterocycles. The SMILES string of the molecule is COc1c(-c2cnoc2N)cc2c(c1Cl)CCCC2. The van der Waals surface area contributed by atoms with Gasteiger partial charge in [-0.3, -0.25) is 0 Å². The molecule has 19 heavy (non-hydrogen) atoms. The van der Waals surface area contributed by atoms with E-state index in [1.54, 1.807) is 13.3 Å². The highest BCUT2D eigenvalue weighted by Crippen LogP contribution is 2.43. The Bertz CT molecular complexity index is 622. The molecule has 0 amide bonds. The van der Waals surface area contributed by atoms with E-state index in [0.717, 1.165) is 24.0 Å². The first-order valence-corrected chi connectivity index (χ1v) is 6.69. The van der Waals surface area contributed by atoms with Crippen molar-refractivity contribution < 1.29 is 9.26 Å². The molecule has 0 radical (unpaired) electrons. The standard InChI is InChI=1S/C14H15ClN2O2/c1-18-13-10(11-7-17-19-14(11)16)6-8-4-2-3-5-9(8)12(13)15/h6-7H,2-5,16H2,1H3. The first-order chi connectivity index (χ1) is 9.22. The number of anilines is 1. The molecule has 0 bridgehead atoms. The van der Waals surface area contributed by atoms with Gasteiger partial charge in [0.05, 0.1) is 23.9 Å². The van der Waals surface area contributed by atoms with Crippen molar-refractivity contribution in [3.05, 3.63) is 28.4 Å². The van der Waals surface area contributed by atoms with Gasteiger partial charge >= 0.3 is 0 Å². The van der Waals surface area contributed by atoms with Crippen molar-refractivity contribution in [3.8, 4) is 16.9 Å². The molecule has 0 fully saturated rings. The summed E-state index contributed by atoms with van der Waals surface area (Å²) in [5.74, 6) is 0.933. The van der Waals surface area contributed by atoms with Crippen LogP contribution in [-0.4, -0.2) is 12.3 Å². The molecule has 4 nitrogen and oxygen atoms in total. The van der Waals surface area contributed by atoms with Crippen molar-refractivity contribution >= 4 is 17.5 Å².